The summed E-state index contributed by atoms with van der Waals surface area (Å²) < 4.78 is 0. The van der Waals surface area contributed by atoms with Gasteiger partial charge in [-0.3, -0.25) is 10.4 Å². The summed E-state index contributed by atoms with van der Waals surface area (Å²) in [6, 6.07) is 6.42. The number of hydrogen-bond acceptors (Lipinski definition) is 6. The summed E-state index contributed by atoms with van der Waals surface area (Å²) in [6.07, 6.45) is 7.43. The van der Waals surface area contributed by atoms with E-state index in [-0.39, 0.29) is 5.84 Å². The molecular formula is C18H25N7. The molecule has 7 N–H and O–H groups in total. The van der Waals surface area contributed by atoms with E-state index in [1.807, 2.05) is 18.2 Å². The monoisotopic (exact) mass is 339 g/mol. The van der Waals surface area contributed by atoms with Crippen molar-refractivity contribution in [3.8, 4) is 0 Å². The maximum Gasteiger partial charge on any atom is 0.138 e. The molecule has 0 amide bonds. The molecule has 132 valence electrons. The van der Waals surface area contributed by atoms with E-state index in [2.05, 4.69) is 20.6 Å². The maximum absolute atomic E-state index is 7.95. The molecule has 1 aliphatic rings. The molecular weight excluding hydrogens is 314 g/mol. The van der Waals surface area contributed by atoms with Crippen LogP contribution < -0.4 is 22.1 Å². The molecule has 2 aromatic heterocycles. The smallest absolute Gasteiger partial charge is 0.138 e. The second-order valence-corrected chi connectivity index (χ2v) is 6.61. The number of nitrogens with one attached hydrogen (secondary N) is 3. The normalized spacial score (nSPS) is 21.1. The predicted molar refractivity (Wildman–Crippen MR) is 103 cm³/mol. The number of amidine groups is 1. The zero-order valence-corrected chi connectivity index (χ0v) is 14.4. The molecule has 0 bridgehead atoms. The van der Waals surface area contributed by atoms with Crippen LogP contribution in [-0.4, -0.2) is 27.9 Å². The summed E-state index contributed by atoms with van der Waals surface area (Å²) in [4.78, 5) is 9.08. The Bertz CT molecular complexity index is 787. The number of aromatic nitrogens is 2. The van der Waals surface area contributed by atoms with Gasteiger partial charge in [0.2, 0.25) is 0 Å². The lowest BCUT2D eigenvalue weighted by Crippen LogP contribution is -2.33. The topological polar surface area (TPSA) is 126 Å². The van der Waals surface area contributed by atoms with Gasteiger partial charge in [0.15, 0.2) is 0 Å². The van der Waals surface area contributed by atoms with Crippen LogP contribution in [0.3, 0.4) is 0 Å². The Morgan fingerprint density at radius 3 is 2.80 bits per heavy atom. The first-order chi connectivity index (χ1) is 12.0. The van der Waals surface area contributed by atoms with Crippen molar-refractivity contribution < 1.29 is 0 Å². The molecule has 1 fully saturated rings. The molecule has 0 saturated heterocycles. The molecule has 0 aromatic carbocycles. The van der Waals surface area contributed by atoms with Crippen LogP contribution >= 0.6 is 0 Å². The van der Waals surface area contributed by atoms with Gasteiger partial charge in [0.1, 0.15) is 17.5 Å². The third kappa shape index (κ3) is 4.45. The van der Waals surface area contributed by atoms with E-state index in [9.17, 15) is 0 Å². The van der Waals surface area contributed by atoms with Crippen molar-refractivity contribution in [3.05, 3.63) is 36.2 Å². The van der Waals surface area contributed by atoms with Gasteiger partial charge in [-0.1, -0.05) is 0 Å². The van der Waals surface area contributed by atoms with E-state index < -0.39 is 0 Å². The summed E-state index contributed by atoms with van der Waals surface area (Å²) in [6.45, 7) is 1.74. The molecule has 7 nitrogen and oxygen atoms in total. The van der Waals surface area contributed by atoms with E-state index in [1.54, 1.807) is 19.2 Å². The van der Waals surface area contributed by atoms with Gasteiger partial charge < -0.3 is 22.1 Å². The van der Waals surface area contributed by atoms with E-state index >= 15 is 0 Å². The van der Waals surface area contributed by atoms with E-state index in [1.165, 1.54) is 0 Å². The molecule has 3 rings (SSSR count). The number of fused-ring (bicyclic) bond motifs is 1. The number of rotatable bonds is 4. The SMILES string of the molecule is C/C(N)=C/C(=N)Nc1cc2ncccc2c(NC2CCC(N)CC2)n1. The number of nitrogens with zero attached hydrogens (tertiary/aromatic N) is 2. The largest absolute Gasteiger partial charge is 0.402 e. The fraction of sp³-hybridized carbons (Fsp3) is 0.389. The van der Waals surface area contributed by atoms with E-state index in [0.717, 1.165) is 42.4 Å². The molecule has 2 heterocycles. The molecule has 0 radical (unpaired) electrons. The predicted octanol–water partition coefficient (Wildman–Crippen LogP) is 2.56. The van der Waals surface area contributed by atoms with Crippen LogP contribution in [0, 0.1) is 5.41 Å². The van der Waals surface area contributed by atoms with Gasteiger partial charge in [-0.15, -0.1) is 0 Å². The Labute approximate surface area is 147 Å². The first-order valence-corrected chi connectivity index (χ1v) is 8.58. The second kappa shape index (κ2) is 7.48. The molecule has 0 unspecified atom stereocenters. The van der Waals surface area contributed by atoms with Gasteiger partial charge in [-0.25, -0.2) is 4.98 Å². The molecule has 1 saturated carbocycles. The highest BCUT2D eigenvalue weighted by atomic mass is 15.1. The van der Waals surface area contributed by atoms with Crippen LogP contribution in [-0.2, 0) is 0 Å². The van der Waals surface area contributed by atoms with Gasteiger partial charge in [0, 0.05) is 35.4 Å². The molecule has 1 aliphatic carbocycles. The first kappa shape index (κ1) is 17.2. The minimum atomic E-state index is 0.192. The summed E-state index contributed by atoms with van der Waals surface area (Å²) in [7, 11) is 0. The zero-order valence-electron chi connectivity index (χ0n) is 14.4. The van der Waals surface area contributed by atoms with Crippen LogP contribution in [0.4, 0.5) is 11.6 Å². The van der Waals surface area contributed by atoms with Crippen LogP contribution in [0.15, 0.2) is 36.2 Å². The summed E-state index contributed by atoms with van der Waals surface area (Å²) >= 11 is 0. The summed E-state index contributed by atoms with van der Waals surface area (Å²) in [5.41, 5.74) is 13.0. The van der Waals surface area contributed by atoms with Crippen LogP contribution in [0.1, 0.15) is 32.6 Å². The third-order valence-corrected chi connectivity index (χ3v) is 4.35. The van der Waals surface area contributed by atoms with Crippen LogP contribution in [0.2, 0.25) is 0 Å². The zero-order chi connectivity index (χ0) is 17.8. The first-order valence-electron chi connectivity index (χ1n) is 8.58. The summed E-state index contributed by atoms with van der Waals surface area (Å²) in [5, 5.41) is 15.4. The Morgan fingerprint density at radius 2 is 2.08 bits per heavy atom. The number of nitrogens with two attached hydrogens (primary N) is 2. The van der Waals surface area contributed by atoms with Crippen molar-refractivity contribution in [2.75, 3.05) is 10.6 Å². The molecule has 0 aliphatic heterocycles. The van der Waals surface area contributed by atoms with Crippen LogP contribution in [0.5, 0.6) is 0 Å². The van der Waals surface area contributed by atoms with Gasteiger partial charge in [-0.05, 0) is 50.8 Å². The van der Waals surface area contributed by atoms with Crippen molar-refractivity contribution >= 4 is 28.4 Å². The molecule has 7 heteroatoms. The lowest BCUT2D eigenvalue weighted by molar-refractivity contribution is 0.411. The lowest BCUT2D eigenvalue weighted by Gasteiger charge is -2.27. The Balaban J connectivity index is 1.87. The standard InChI is InChI=1S/C18H25N7/c1-11(19)9-16(21)24-17-10-15-14(3-2-8-22-15)18(25-17)23-13-6-4-12(20)5-7-13/h2-3,8-10,12-13H,4-7,19-20H2,1H3,(H3,21,23,24,25)/b11-9-. The van der Waals surface area contributed by atoms with Crippen molar-refractivity contribution in [2.24, 2.45) is 11.5 Å². The van der Waals surface area contributed by atoms with Crippen molar-refractivity contribution in [1.29, 1.82) is 5.41 Å². The highest BCUT2D eigenvalue weighted by Gasteiger charge is 2.19. The van der Waals surface area contributed by atoms with Gasteiger partial charge in [0.25, 0.3) is 0 Å². The number of pyridine rings is 2. The minimum absolute atomic E-state index is 0.192. The number of allylic oxidation sites excluding steroid dienone is 1. The lowest BCUT2D eigenvalue weighted by atomic mass is 9.92. The number of hydrogen-bond donors (Lipinski definition) is 5. The molecule has 0 atom stereocenters. The van der Waals surface area contributed by atoms with E-state index in [0.29, 0.717) is 23.6 Å². The average Bonchev–Trinajstić information content (AvgIpc) is 2.56. The third-order valence-electron chi connectivity index (χ3n) is 4.35. The van der Waals surface area contributed by atoms with Crippen LogP contribution in [0.25, 0.3) is 10.9 Å². The van der Waals surface area contributed by atoms with Crippen molar-refractivity contribution in [2.45, 2.75) is 44.7 Å². The maximum atomic E-state index is 7.95. The molecule has 2 aromatic rings. The Kier molecular flexibility index (Phi) is 5.14. The van der Waals surface area contributed by atoms with Crippen molar-refractivity contribution in [3.63, 3.8) is 0 Å². The quantitative estimate of drug-likeness (QED) is 0.430. The van der Waals surface area contributed by atoms with Gasteiger partial charge in [-0.2, -0.15) is 0 Å². The average molecular weight is 339 g/mol. The Morgan fingerprint density at radius 1 is 1.32 bits per heavy atom. The minimum Gasteiger partial charge on any atom is -0.402 e. The second-order valence-electron chi connectivity index (χ2n) is 6.61. The highest BCUT2D eigenvalue weighted by molar-refractivity contribution is 6.02. The molecule has 25 heavy (non-hydrogen) atoms. The summed E-state index contributed by atoms with van der Waals surface area (Å²) in [5.74, 6) is 1.55. The molecule has 0 spiro atoms. The fourth-order valence-electron chi connectivity index (χ4n) is 3.11. The van der Waals surface area contributed by atoms with E-state index in [4.69, 9.17) is 16.9 Å². The fourth-order valence-corrected chi connectivity index (χ4v) is 3.11. The number of anilines is 2. The van der Waals surface area contributed by atoms with Crippen molar-refractivity contribution in [1.82, 2.24) is 9.97 Å². The van der Waals surface area contributed by atoms with Gasteiger partial charge >= 0.3 is 0 Å². The highest BCUT2D eigenvalue weighted by Crippen LogP contribution is 2.27. The van der Waals surface area contributed by atoms with Gasteiger partial charge in [0.05, 0.1) is 5.52 Å². The Hall–Kier alpha value is -2.67.